The Morgan fingerprint density at radius 3 is 1.81 bits per heavy atom. The number of aliphatic carboxylic acids is 1. The van der Waals surface area contributed by atoms with Gasteiger partial charge in [-0.2, -0.15) is 0 Å². The quantitative estimate of drug-likeness (QED) is 0.169. The van der Waals surface area contributed by atoms with Gasteiger partial charge >= 0.3 is 5.97 Å². The Balaban J connectivity index is 0.00000338. The zero-order valence-electron chi connectivity index (χ0n) is 14.7. The third-order valence-electron chi connectivity index (χ3n) is 3.83. The van der Waals surface area contributed by atoms with Crippen LogP contribution in [0, 0.1) is 0 Å². The minimum Gasteiger partial charge on any atom is -0.481 e. The Labute approximate surface area is 177 Å². The molecule has 0 aliphatic heterocycles. The molecule has 2 aromatic rings. The summed E-state index contributed by atoms with van der Waals surface area (Å²) in [6.45, 7) is 0. The molecule has 6 heteroatoms. The molecule has 2 rings (SSSR count). The molecule has 0 radical (unpaired) electrons. The summed E-state index contributed by atoms with van der Waals surface area (Å²) in [6.07, 6.45) is 5.17. The highest BCUT2D eigenvalue weighted by molar-refractivity contribution is 8.93. The lowest BCUT2D eigenvalue weighted by atomic mass is 10.1. The molecular formula is C20H26BrO2PS2. The van der Waals surface area contributed by atoms with Gasteiger partial charge in [0, 0.05) is 16.2 Å². The third-order valence-corrected chi connectivity index (χ3v) is 7.31. The molecule has 1 N–H and O–H groups in total. The first-order chi connectivity index (χ1) is 12.1. The number of hydrogen-bond acceptors (Lipinski definition) is 3. The van der Waals surface area contributed by atoms with E-state index in [1.54, 1.807) is 0 Å². The second-order valence-corrected chi connectivity index (χ2v) is 9.63. The molecule has 0 bridgehead atoms. The summed E-state index contributed by atoms with van der Waals surface area (Å²) < 4.78 is -0.166. The lowest BCUT2D eigenvalue weighted by molar-refractivity contribution is -0.137. The fraction of sp³-hybridized carbons (Fsp3) is 0.350. The Bertz CT molecular complexity index is 599. The fourth-order valence-corrected chi connectivity index (χ4v) is 5.97. The molecule has 0 heterocycles. The molecule has 0 fully saturated rings. The first-order valence-corrected chi connectivity index (χ1v) is 11.0. The monoisotopic (exact) mass is 472 g/mol. The van der Waals surface area contributed by atoms with E-state index in [-0.39, 0.29) is 27.5 Å². The van der Waals surface area contributed by atoms with Gasteiger partial charge in [-0.25, -0.2) is 0 Å². The van der Waals surface area contributed by atoms with Gasteiger partial charge in [-0.05, 0) is 49.7 Å². The van der Waals surface area contributed by atoms with Crippen LogP contribution in [0.3, 0.4) is 0 Å². The summed E-state index contributed by atoms with van der Waals surface area (Å²) in [4.78, 5) is 13.7. The van der Waals surface area contributed by atoms with Crippen LogP contribution in [0.15, 0.2) is 70.5 Å². The summed E-state index contributed by atoms with van der Waals surface area (Å²) in [6, 6.07) is 20.6. The van der Waals surface area contributed by atoms with Crippen molar-refractivity contribution in [2.75, 3.05) is 6.16 Å². The maximum Gasteiger partial charge on any atom is 0.303 e. The van der Waals surface area contributed by atoms with Crippen molar-refractivity contribution in [3.63, 3.8) is 0 Å². The average Bonchev–Trinajstić information content (AvgIpc) is 2.62. The molecule has 2 nitrogen and oxygen atoms in total. The molecular weight excluding hydrogens is 447 g/mol. The zero-order valence-corrected chi connectivity index (χ0v) is 19.2. The minimum atomic E-state index is -0.724. The van der Waals surface area contributed by atoms with Crippen molar-refractivity contribution in [3.8, 4) is 0 Å². The van der Waals surface area contributed by atoms with Gasteiger partial charge < -0.3 is 5.11 Å². The summed E-state index contributed by atoms with van der Waals surface area (Å²) in [5.74, 6) is -0.724. The van der Waals surface area contributed by atoms with E-state index in [1.807, 2.05) is 59.9 Å². The second kappa shape index (κ2) is 12.8. The van der Waals surface area contributed by atoms with E-state index in [4.69, 9.17) is 0 Å². The topological polar surface area (TPSA) is 37.3 Å². The highest BCUT2D eigenvalue weighted by atomic mass is 79.9. The Hall–Kier alpha value is -0.480. The predicted molar refractivity (Wildman–Crippen MR) is 123 cm³/mol. The van der Waals surface area contributed by atoms with Crippen LogP contribution in [0.25, 0.3) is 0 Å². The van der Waals surface area contributed by atoms with E-state index < -0.39 is 5.97 Å². The van der Waals surface area contributed by atoms with E-state index in [0.29, 0.717) is 6.42 Å². The maximum absolute atomic E-state index is 11.3. The van der Waals surface area contributed by atoms with Gasteiger partial charge in [-0.3, -0.25) is 4.79 Å². The number of unbranched alkanes of at least 4 members (excludes halogenated alkanes) is 1. The van der Waals surface area contributed by atoms with Gasteiger partial charge in [0.25, 0.3) is 0 Å². The van der Waals surface area contributed by atoms with Crippen molar-refractivity contribution in [3.05, 3.63) is 60.7 Å². The van der Waals surface area contributed by atoms with Gasteiger partial charge in [-0.1, -0.05) is 42.8 Å². The largest absolute Gasteiger partial charge is 0.481 e. The Morgan fingerprint density at radius 1 is 0.885 bits per heavy atom. The SMILES string of the molecule is Br.O=C(O)CCC(CCCCP)(Sc1ccccc1)Sc1ccccc1. The van der Waals surface area contributed by atoms with Crippen molar-refractivity contribution in [2.45, 2.75) is 46.0 Å². The van der Waals surface area contributed by atoms with Crippen LogP contribution >= 0.6 is 49.7 Å². The van der Waals surface area contributed by atoms with Crippen LogP contribution in [0.1, 0.15) is 32.1 Å². The van der Waals surface area contributed by atoms with Crippen molar-refractivity contribution >= 4 is 55.7 Å². The molecule has 0 saturated carbocycles. The molecule has 0 aliphatic carbocycles. The standard InChI is InChI=1S/C20H25O2PS2.BrH/c21-19(22)13-15-20(14-7-8-16-23,24-17-9-3-1-4-10-17)25-18-11-5-2-6-12-18;/h1-6,9-12H,7-8,13-16,23H2,(H,21,22);1H. The molecule has 0 saturated heterocycles. The van der Waals surface area contributed by atoms with E-state index in [0.717, 1.165) is 25.4 Å². The number of carboxylic acids is 1. The molecule has 1 atom stereocenters. The normalized spacial score (nSPS) is 11.0. The molecule has 26 heavy (non-hydrogen) atoms. The number of halogens is 1. The Morgan fingerprint density at radius 2 is 1.38 bits per heavy atom. The van der Waals surface area contributed by atoms with Gasteiger partial charge in [-0.15, -0.1) is 49.7 Å². The van der Waals surface area contributed by atoms with E-state index in [9.17, 15) is 9.90 Å². The van der Waals surface area contributed by atoms with E-state index in [2.05, 4.69) is 33.5 Å². The van der Waals surface area contributed by atoms with Crippen LogP contribution < -0.4 is 0 Å². The first-order valence-electron chi connectivity index (χ1n) is 8.53. The third kappa shape index (κ3) is 8.47. The Kier molecular flexibility index (Phi) is 11.6. The van der Waals surface area contributed by atoms with Crippen molar-refractivity contribution in [1.29, 1.82) is 0 Å². The lowest BCUT2D eigenvalue weighted by Gasteiger charge is -2.33. The summed E-state index contributed by atoms with van der Waals surface area (Å²) in [5.41, 5.74) is 0. The molecule has 0 spiro atoms. The van der Waals surface area contributed by atoms with Gasteiger partial charge in [0.2, 0.25) is 0 Å². The number of carbonyl (C=O) groups is 1. The second-order valence-electron chi connectivity index (χ2n) is 5.88. The van der Waals surface area contributed by atoms with Gasteiger partial charge in [0.1, 0.15) is 0 Å². The van der Waals surface area contributed by atoms with E-state index in [1.165, 1.54) is 9.79 Å². The van der Waals surface area contributed by atoms with Crippen LogP contribution in [-0.2, 0) is 4.79 Å². The molecule has 0 aromatic heterocycles. The number of hydrogen-bond donors (Lipinski definition) is 1. The van der Waals surface area contributed by atoms with E-state index >= 15 is 0 Å². The highest BCUT2D eigenvalue weighted by Gasteiger charge is 2.33. The number of benzene rings is 2. The maximum atomic E-state index is 11.3. The molecule has 1 unspecified atom stereocenters. The van der Waals surface area contributed by atoms with Crippen LogP contribution in [0.4, 0.5) is 0 Å². The molecule has 0 amide bonds. The summed E-state index contributed by atoms with van der Waals surface area (Å²) in [5, 5.41) is 9.26. The fourth-order valence-electron chi connectivity index (χ4n) is 2.59. The van der Waals surface area contributed by atoms with Crippen molar-refractivity contribution < 1.29 is 9.90 Å². The number of rotatable bonds is 11. The van der Waals surface area contributed by atoms with Crippen LogP contribution in [-0.4, -0.2) is 21.3 Å². The molecule has 142 valence electrons. The lowest BCUT2D eigenvalue weighted by Crippen LogP contribution is -2.22. The van der Waals surface area contributed by atoms with Crippen molar-refractivity contribution in [1.82, 2.24) is 0 Å². The predicted octanol–water partition coefficient (Wildman–Crippen LogP) is 6.76. The van der Waals surface area contributed by atoms with Crippen LogP contribution in [0.2, 0.25) is 0 Å². The zero-order chi connectivity index (χ0) is 18.0. The van der Waals surface area contributed by atoms with Crippen LogP contribution in [0.5, 0.6) is 0 Å². The van der Waals surface area contributed by atoms with Gasteiger partial charge in [0.05, 0.1) is 4.08 Å². The smallest absolute Gasteiger partial charge is 0.303 e. The summed E-state index contributed by atoms with van der Waals surface area (Å²) >= 11 is 3.63. The highest BCUT2D eigenvalue weighted by Crippen LogP contribution is 2.51. The number of carboxylic acid groups (broad SMARTS) is 1. The average molecular weight is 473 g/mol. The first kappa shape index (κ1) is 23.6. The number of thioether (sulfide) groups is 2. The van der Waals surface area contributed by atoms with Crippen molar-refractivity contribution in [2.24, 2.45) is 0 Å². The van der Waals surface area contributed by atoms with Gasteiger partial charge in [0.15, 0.2) is 0 Å². The minimum absolute atomic E-state index is 0. The molecule has 2 aromatic carbocycles. The molecule has 0 aliphatic rings. The summed E-state index contributed by atoms with van der Waals surface area (Å²) in [7, 11) is 2.78.